The second kappa shape index (κ2) is 6.12. The molecule has 0 radical (unpaired) electrons. The number of nitro benzene ring substituents is 1. The molecule has 0 saturated heterocycles. The lowest BCUT2D eigenvalue weighted by molar-refractivity contribution is -0.384. The van der Waals surface area contributed by atoms with Gasteiger partial charge >= 0.3 is 0 Å². The predicted octanol–water partition coefficient (Wildman–Crippen LogP) is 2.43. The summed E-state index contributed by atoms with van der Waals surface area (Å²) < 4.78 is 5.26. The summed E-state index contributed by atoms with van der Waals surface area (Å²) in [5.74, 6) is 0.545. The van der Waals surface area contributed by atoms with Gasteiger partial charge in [0.05, 0.1) is 23.8 Å². The number of nitrogens with one attached hydrogen (secondary N) is 1. The van der Waals surface area contributed by atoms with E-state index in [4.69, 9.17) is 4.42 Å². The van der Waals surface area contributed by atoms with E-state index in [9.17, 15) is 14.9 Å². The molecule has 0 aliphatic carbocycles. The molecule has 3 rings (SSSR count). The van der Waals surface area contributed by atoms with Gasteiger partial charge in [-0.1, -0.05) is 6.07 Å². The van der Waals surface area contributed by atoms with E-state index in [0.717, 1.165) is 17.7 Å². The summed E-state index contributed by atoms with van der Waals surface area (Å²) in [7, 11) is 0. The molecule has 23 heavy (non-hydrogen) atoms. The summed E-state index contributed by atoms with van der Waals surface area (Å²) in [6, 6.07) is 8.15. The van der Waals surface area contributed by atoms with Crippen molar-refractivity contribution in [3.63, 3.8) is 0 Å². The number of nitro groups is 1. The van der Waals surface area contributed by atoms with E-state index in [-0.39, 0.29) is 24.2 Å². The van der Waals surface area contributed by atoms with Gasteiger partial charge in [0.15, 0.2) is 0 Å². The number of carbonyl (C=O) groups is 1. The third-order valence-electron chi connectivity index (χ3n) is 3.95. The monoisotopic (exact) mass is 315 g/mol. The Labute approximate surface area is 133 Å². The number of furan rings is 1. The van der Waals surface area contributed by atoms with Crippen LogP contribution in [0.25, 0.3) is 0 Å². The Bertz CT molecular complexity index is 727. The Morgan fingerprint density at radius 3 is 3.00 bits per heavy atom. The van der Waals surface area contributed by atoms with E-state index >= 15 is 0 Å². The summed E-state index contributed by atoms with van der Waals surface area (Å²) in [5, 5.41) is 13.8. The third kappa shape index (κ3) is 3.18. The SMILES string of the molecule is C[C@H](NC(=O)CN1CCc2ccc([N+](=O)[O-])cc21)c1ccco1. The van der Waals surface area contributed by atoms with Crippen molar-refractivity contribution in [2.45, 2.75) is 19.4 Å². The number of nitrogens with zero attached hydrogens (tertiary/aromatic N) is 2. The van der Waals surface area contributed by atoms with Crippen LogP contribution >= 0.6 is 0 Å². The minimum absolute atomic E-state index is 0.0417. The number of hydrogen-bond donors (Lipinski definition) is 1. The van der Waals surface area contributed by atoms with Crippen molar-refractivity contribution < 1.29 is 14.1 Å². The van der Waals surface area contributed by atoms with Crippen molar-refractivity contribution in [1.82, 2.24) is 5.32 Å². The lowest BCUT2D eigenvalue weighted by Crippen LogP contribution is -2.37. The number of anilines is 1. The van der Waals surface area contributed by atoms with Gasteiger partial charge in [0.1, 0.15) is 5.76 Å². The van der Waals surface area contributed by atoms with Crippen LogP contribution in [0.2, 0.25) is 0 Å². The summed E-state index contributed by atoms with van der Waals surface area (Å²) >= 11 is 0. The molecular weight excluding hydrogens is 298 g/mol. The highest BCUT2D eigenvalue weighted by Crippen LogP contribution is 2.31. The molecule has 0 bridgehead atoms. The van der Waals surface area contributed by atoms with Gasteiger partial charge < -0.3 is 14.6 Å². The first-order valence-corrected chi connectivity index (χ1v) is 7.39. The Morgan fingerprint density at radius 2 is 2.30 bits per heavy atom. The lowest BCUT2D eigenvalue weighted by atomic mass is 10.1. The normalized spacial score (nSPS) is 14.4. The molecule has 0 unspecified atom stereocenters. The second-order valence-corrected chi connectivity index (χ2v) is 5.55. The molecule has 1 aromatic carbocycles. The number of rotatable bonds is 5. The lowest BCUT2D eigenvalue weighted by Gasteiger charge is -2.20. The second-order valence-electron chi connectivity index (χ2n) is 5.55. The maximum Gasteiger partial charge on any atom is 0.271 e. The van der Waals surface area contributed by atoms with Crippen LogP contribution in [0, 0.1) is 10.1 Å². The summed E-state index contributed by atoms with van der Waals surface area (Å²) in [5.41, 5.74) is 1.84. The smallest absolute Gasteiger partial charge is 0.271 e. The fourth-order valence-electron chi connectivity index (χ4n) is 2.78. The number of carbonyl (C=O) groups excluding carboxylic acids is 1. The van der Waals surface area contributed by atoms with Crippen LogP contribution in [-0.4, -0.2) is 23.9 Å². The maximum atomic E-state index is 12.2. The first kappa shape index (κ1) is 15.1. The first-order chi connectivity index (χ1) is 11.0. The van der Waals surface area contributed by atoms with E-state index in [0.29, 0.717) is 12.3 Å². The number of benzene rings is 1. The van der Waals surface area contributed by atoms with Crippen molar-refractivity contribution in [2.24, 2.45) is 0 Å². The van der Waals surface area contributed by atoms with E-state index < -0.39 is 4.92 Å². The fraction of sp³-hybridized carbons (Fsp3) is 0.312. The van der Waals surface area contributed by atoms with Crippen molar-refractivity contribution in [3.05, 3.63) is 58.0 Å². The zero-order valence-corrected chi connectivity index (χ0v) is 12.7. The molecule has 1 amide bonds. The molecule has 1 aliphatic heterocycles. The third-order valence-corrected chi connectivity index (χ3v) is 3.95. The molecule has 1 aliphatic rings. The molecule has 2 aromatic rings. The molecule has 0 fully saturated rings. The van der Waals surface area contributed by atoms with Crippen LogP contribution in [0.15, 0.2) is 41.0 Å². The quantitative estimate of drug-likeness (QED) is 0.676. The summed E-state index contributed by atoms with van der Waals surface area (Å²) in [6.07, 6.45) is 2.35. The summed E-state index contributed by atoms with van der Waals surface area (Å²) in [6.45, 7) is 2.69. The average molecular weight is 315 g/mol. The van der Waals surface area contributed by atoms with Gasteiger partial charge in [0.25, 0.3) is 5.69 Å². The molecule has 7 heteroatoms. The minimum atomic E-state index is -0.421. The number of hydrogen-bond acceptors (Lipinski definition) is 5. The van der Waals surface area contributed by atoms with Gasteiger partial charge in [-0.05, 0) is 31.0 Å². The number of fused-ring (bicyclic) bond motifs is 1. The van der Waals surface area contributed by atoms with E-state index in [1.807, 2.05) is 11.8 Å². The Hall–Kier alpha value is -2.83. The number of amides is 1. The zero-order chi connectivity index (χ0) is 16.4. The van der Waals surface area contributed by atoms with Crippen LogP contribution in [0.4, 0.5) is 11.4 Å². The van der Waals surface area contributed by atoms with Crippen molar-refractivity contribution >= 4 is 17.3 Å². The van der Waals surface area contributed by atoms with E-state index in [1.54, 1.807) is 24.5 Å². The van der Waals surface area contributed by atoms with E-state index in [2.05, 4.69) is 5.32 Å². The predicted molar refractivity (Wildman–Crippen MR) is 84.3 cm³/mol. The highest BCUT2D eigenvalue weighted by atomic mass is 16.6. The minimum Gasteiger partial charge on any atom is -0.467 e. The Kier molecular flexibility index (Phi) is 4.01. The van der Waals surface area contributed by atoms with Crippen LogP contribution < -0.4 is 10.2 Å². The highest BCUT2D eigenvalue weighted by Gasteiger charge is 2.24. The molecule has 1 N–H and O–H groups in total. The molecule has 0 spiro atoms. The average Bonchev–Trinajstić information content (AvgIpc) is 3.16. The summed E-state index contributed by atoms with van der Waals surface area (Å²) in [4.78, 5) is 24.6. The van der Waals surface area contributed by atoms with Gasteiger partial charge in [0.2, 0.25) is 5.91 Å². The van der Waals surface area contributed by atoms with Crippen molar-refractivity contribution in [2.75, 3.05) is 18.0 Å². The highest BCUT2D eigenvalue weighted by molar-refractivity contribution is 5.82. The van der Waals surface area contributed by atoms with E-state index in [1.165, 1.54) is 12.1 Å². The Balaban J connectivity index is 1.67. The van der Waals surface area contributed by atoms with Gasteiger partial charge in [-0.3, -0.25) is 14.9 Å². The molecule has 1 atom stereocenters. The van der Waals surface area contributed by atoms with Crippen molar-refractivity contribution in [1.29, 1.82) is 0 Å². The largest absolute Gasteiger partial charge is 0.467 e. The van der Waals surface area contributed by atoms with Crippen LogP contribution in [0.3, 0.4) is 0 Å². The molecular formula is C16H17N3O4. The van der Waals surface area contributed by atoms with Crippen LogP contribution in [0.1, 0.15) is 24.3 Å². The van der Waals surface area contributed by atoms with Crippen LogP contribution in [-0.2, 0) is 11.2 Å². The van der Waals surface area contributed by atoms with Gasteiger partial charge in [-0.25, -0.2) is 0 Å². The standard InChI is InChI=1S/C16H17N3O4/c1-11(15-3-2-8-23-15)17-16(20)10-18-7-6-12-4-5-13(19(21)22)9-14(12)18/h2-5,8-9,11H,6-7,10H2,1H3,(H,17,20)/t11-/m0/s1. The molecule has 1 aromatic heterocycles. The van der Waals surface area contributed by atoms with Crippen LogP contribution in [0.5, 0.6) is 0 Å². The topological polar surface area (TPSA) is 88.6 Å². The molecule has 0 saturated carbocycles. The fourth-order valence-corrected chi connectivity index (χ4v) is 2.78. The molecule has 7 nitrogen and oxygen atoms in total. The molecule has 120 valence electrons. The number of non-ortho nitro benzene ring substituents is 1. The first-order valence-electron chi connectivity index (χ1n) is 7.39. The van der Waals surface area contributed by atoms with Gasteiger partial charge in [0, 0.05) is 24.4 Å². The Morgan fingerprint density at radius 1 is 1.48 bits per heavy atom. The zero-order valence-electron chi connectivity index (χ0n) is 12.7. The molecule has 2 heterocycles. The maximum absolute atomic E-state index is 12.2. The van der Waals surface area contributed by atoms with Crippen molar-refractivity contribution in [3.8, 4) is 0 Å². The van der Waals surface area contributed by atoms with Gasteiger partial charge in [-0.15, -0.1) is 0 Å². The van der Waals surface area contributed by atoms with Gasteiger partial charge in [-0.2, -0.15) is 0 Å².